The third kappa shape index (κ3) is 14.7. The number of nitrogens with zero attached hydrogens (tertiary/aromatic N) is 1. The van der Waals surface area contributed by atoms with E-state index in [1.54, 1.807) is 6.92 Å². The molecule has 3 atom stereocenters. The number of aliphatic carboxylic acids is 3. The van der Waals surface area contributed by atoms with Crippen molar-refractivity contribution >= 4 is 49.9 Å². The van der Waals surface area contributed by atoms with Crippen molar-refractivity contribution in [3.63, 3.8) is 0 Å². The number of hydroxylamine groups is 2. The average Bonchev–Trinajstić information content (AvgIpc) is 3.59. The fraction of sp³-hybridized carbons (Fsp3) is 0.452. The van der Waals surface area contributed by atoms with Gasteiger partial charge in [0.05, 0.1) is 30.6 Å². The topological polar surface area (TPSA) is 318 Å². The zero-order valence-electron chi connectivity index (χ0n) is 28.6. The van der Waals surface area contributed by atoms with E-state index in [2.05, 4.69) is 15.2 Å². The lowest BCUT2D eigenvalue weighted by atomic mass is 9.90. The van der Waals surface area contributed by atoms with Crippen molar-refractivity contribution in [1.82, 2.24) is 21.0 Å². The molecule has 2 aromatic rings. The van der Waals surface area contributed by atoms with Gasteiger partial charge in [0, 0.05) is 5.56 Å². The number of phosphoric acid groups is 1. The molecule has 1 aromatic carbocycles. The zero-order valence-corrected chi connectivity index (χ0v) is 29.5. The molecule has 0 radical (unpaired) electrons. The Balaban J connectivity index is 2.18. The lowest BCUT2D eigenvalue weighted by Crippen LogP contribution is -2.48. The number of unbranched alkanes of at least 4 members (excludes halogenated alkanes) is 2. The molecule has 8 N–H and O–H groups in total. The number of phosphoric ester groups is 1. The molecule has 0 bridgehead atoms. The van der Waals surface area contributed by atoms with E-state index in [1.165, 1.54) is 24.3 Å². The highest BCUT2D eigenvalue weighted by Gasteiger charge is 2.32. The van der Waals surface area contributed by atoms with Crippen LogP contribution in [-0.2, 0) is 37.9 Å². The number of carboxylic acid groups (broad SMARTS) is 3. The predicted octanol–water partition coefficient (Wildman–Crippen LogP) is 1.30. The third-order valence-electron chi connectivity index (χ3n) is 7.38. The van der Waals surface area contributed by atoms with Crippen molar-refractivity contribution < 1.29 is 81.7 Å². The van der Waals surface area contributed by atoms with Crippen LogP contribution in [-0.4, -0.2) is 104 Å². The minimum Gasteiger partial charge on any atom is -0.481 e. The quantitative estimate of drug-likeness (QED) is 0.0232. The average molecular weight is 773 g/mol. The van der Waals surface area contributed by atoms with Crippen molar-refractivity contribution in [3.8, 4) is 17.1 Å². The first-order chi connectivity index (χ1) is 25.0. The van der Waals surface area contributed by atoms with Gasteiger partial charge in [-0.3, -0.25) is 28.5 Å². The number of rotatable bonds is 25. The van der Waals surface area contributed by atoms with Crippen LogP contribution in [0.1, 0.15) is 73.3 Å². The van der Waals surface area contributed by atoms with Gasteiger partial charge in [0.15, 0.2) is 19.2 Å². The first kappa shape index (κ1) is 43.8. The SMILES string of the molecule is CCCCCC(C(=O)NCNC(=O)c1ccc(-c2ccc(C(=O)NC(CC(=O)O)C(=O)O)c(OCC(=O)O)c2)o1)[C@@H](CC)N(C=O)OCOP(=O)(O)O. The number of furan rings is 1. The molecule has 0 aliphatic heterocycles. The number of amides is 4. The van der Waals surface area contributed by atoms with Crippen molar-refractivity contribution in [1.29, 1.82) is 0 Å². The summed E-state index contributed by atoms with van der Waals surface area (Å²) in [7, 11) is -4.89. The Hall–Kier alpha value is -5.34. The predicted molar refractivity (Wildman–Crippen MR) is 178 cm³/mol. The van der Waals surface area contributed by atoms with Crippen LogP contribution < -0.4 is 20.7 Å². The van der Waals surface area contributed by atoms with E-state index in [1.807, 2.05) is 12.2 Å². The molecule has 0 aliphatic carbocycles. The highest BCUT2D eigenvalue weighted by molar-refractivity contribution is 7.46. The number of carbonyl (C=O) groups is 7. The van der Waals surface area contributed by atoms with Crippen LogP contribution in [0.5, 0.6) is 5.75 Å². The first-order valence-corrected chi connectivity index (χ1v) is 17.5. The largest absolute Gasteiger partial charge is 0.481 e. The van der Waals surface area contributed by atoms with E-state index < -0.39 is 81.3 Å². The standard InChI is InChI=1S/C31H41N4O17P/c1-3-5-6-7-19(22(4-2)35(16-36)50-17-51-53(46,47)48)28(41)32-15-33-30(43)24-11-10-23(52-24)18-8-9-20(25(12-18)49-14-27(39)40)29(42)34-21(31(44)45)13-26(37)38/h8-12,16,19,21-22H,3-7,13-15,17H2,1-2H3,(H,32,41)(H,33,43)(H,34,42)(H,37,38)(H,39,40)(H,44,45)(H2,46,47,48)/t19?,21?,22-/m1/s1. The fourth-order valence-corrected chi connectivity index (χ4v) is 5.07. The second kappa shape index (κ2) is 21.2. The molecule has 1 heterocycles. The van der Waals surface area contributed by atoms with Crippen molar-refractivity contribution in [2.45, 2.75) is 64.5 Å². The number of benzene rings is 1. The maximum Gasteiger partial charge on any atom is 0.471 e. The highest BCUT2D eigenvalue weighted by Crippen LogP contribution is 2.35. The summed E-state index contributed by atoms with van der Waals surface area (Å²) in [6, 6.07) is 3.67. The number of hydrogen-bond donors (Lipinski definition) is 8. The Morgan fingerprint density at radius 3 is 2.26 bits per heavy atom. The van der Waals surface area contributed by atoms with Crippen molar-refractivity contribution in [3.05, 3.63) is 41.7 Å². The molecule has 4 amide bonds. The molecule has 53 heavy (non-hydrogen) atoms. The van der Waals surface area contributed by atoms with E-state index >= 15 is 0 Å². The number of ether oxygens (including phenoxy) is 1. The number of carboxylic acids is 3. The maximum absolute atomic E-state index is 13.3. The molecular weight excluding hydrogens is 731 g/mol. The molecule has 2 unspecified atom stereocenters. The molecule has 1 aromatic heterocycles. The molecule has 22 heteroatoms. The Morgan fingerprint density at radius 1 is 0.962 bits per heavy atom. The van der Waals surface area contributed by atoms with Crippen molar-refractivity contribution in [2.75, 3.05) is 20.1 Å². The van der Waals surface area contributed by atoms with Gasteiger partial charge < -0.3 is 50.2 Å². The normalized spacial score (nSPS) is 12.8. The lowest BCUT2D eigenvalue weighted by Gasteiger charge is -2.32. The summed E-state index contributed by atoms with van der Waals surface area (Å²) in [6.07, 6.45) is 2.04. The van der Waals surface area contributed by atoms with Gasteiger partial charge in [-0.1, -0.05) is 39.2 Å². The summed E-state index contributed by atoms with van der Waals surface area (Å²) >= 11 is 0. The van der Waals surface area contributed by atoms with Crippen LogP contribution in [0, 0.1) is 5.92 Å². The third-order valence-corrected chi connectivity index (χ3v) is 7.82. The Labute approximate surface area is 301 Å². The summed E-state index contributed by atoms with van der Waals surface area (Å²) in [4.78, 5) is 107. The molecule has 0 fully saturated rings. The minimum absolute atomic E-state index is 0.0547. The van der Waals surface area contributed by atoms with Gasteiger partial charge in [0.1, 0.15) is 17.6 Å². The second-order valence-corrected chi connectivity index (χ2v) is 12.4. The van der Waals surface area contributed by atoms with Gasteiger partial charge in [0.2, 0.25) is 12.3 Å². The highest BCUT2D eigenvalue weighted by atomic mass is 31.2. The van der Waals surface area contributed by atoms with Crippen molar-refractivity contribution in [2.24, 2.45) is 5.92 Å². The van der Waals surface area contributed by atoms with E-state index in [-0.39, 0.29) is 47.9 Å². The van der Waals surface area contributed by atoms with Gasteiger partial charge in [-0.05, 0) is 37.1 Å². The van der Waals surface area contributed by atoms with Crippen LogP contribution in [0.3, 0.4) is 0 Å². The smallest absolute Gasteiger partial charge is 0.471 e. The van der Waals surface area contributed by atoms with E-state index in [9.17, 15) is 43.2 Å². The summed E-state index contributed by atoms with van der Waals surface area (Å²) < 4.78 is 26.0. The molecule has 0 saturated carbocycles. The van der Waals surface area contributed by atoms with Crippen LogP contribution >= 0.6 is 7.82 Å². The Bertz CT molecular complexity index is 1660. The summed E-state index contributed by atoms with van der Waals surface area (Å²) in [6.45, 7) is 1.39. The van der Waals surface area contributed by atoms with Crippen LogP contribution in [0.4, 0.5) is 0 Å². The van der Waals surface area contributed by atoms with E-state index in [0.29, 0.717) is 12.8 Å². The fourth-order valence-electron chi connectivity index (χ4n) is 4.89. The molecule has 21 nitrogen and oxygen atoms in total. The number of nitrogens with one attached hydrogen (secondary N) is 3. The Morgan fingerprint density at radius 2 is 1.68 bits per heavy atom. The van der Waals surface area contributed by atoms with E-state index in [4.69, 9.17) is 34.0 Å². The minimum atomic E-state index is -4.89. The molecule has 0 aliphatic rings. The Kier molecular flexibility index (Phi) is 17.6. The van der Waals surface area contributed by atoms with Gasteiger partial charge in [0.25, 0.3) is 11.8 Å². The molecule has 0 spiro atoms. The molecule has 0 saturated heterocycles. The van der Waals surface area contributed by atoms with Crippen LogP contribution in [0.2, 0.25) is 0 Å². The zero-order chi connectivity index (χ0) is 39.7. The lowest BCUT2D eigenvalue weighted by molar-refractivity contribution is -0.221. The second-order valence-electron chi connectivity index (χ2n) is 11.2. The van der Waals surface area contributed by atoms with Crippen LogP contribution in [0.25, 0.3) is 11.3 Å². The molecular formula is C31H41N4O17P. The molecule has 2 rings (SSSR count). The van der Waals surface area contributed by atoms with Gasteiger partial charge in [-0.2, -0.15) is 0 Å². The number of carbonyl (C=O) groups excluding carboxylic acids is 4. The van der Waals surface area contributed by atoms with Gasteiger partial charge >= 0.3 is 25.7 Å². The monoisotopic (exact) mass is 772 g/mol. The summed E-state index contributed by atoms with van der Waals surface area (Å²) in [5.74, 6) is -8.25. The van der Waals surface area contributed by atoms with Crippen LogP contribution in [0.15, 0.2) is 34.7 Å². The number of hydrogen-bond acceptors (Lipinski definition) is 12. The van der Waals surface area contributed by atoms with Gasteiger partial charge in [-0.15, -0.1) is 0 Å². The molecule has 292 valence electrons. The first-order valence-electron chi connectivity index (χ1n) is 16.0. The van der Waals surface area contributed by atoms with Gasteiger partial charge in [-0.25, -0.2) is 24.1 Å². The summed E-state index contributed by atoms with van der Waals surface area (Å²) in [5.41, 5.74) is -0.120. The van der Waals surface area contributed by atoms with E-state index in [0.717, 1.165) is 24.0 Å². The maximum atomic E-state index is 13.3. The summed E-state index contributed by atoms with van der Waals surface area (Å²) in [5, 5.41) is 35.1.